The van der Waals surface area contributed by atoms with Crippen molar-refractivity contribution in [2.45, 2.75) is 46.4 Å². The summed E-state index contributed by atoms with van der Waals surface area (Å²) in [6, 6.07) is 7.97. The number of benzene rings is 1. The summed E-state index contributed by atoms with van der Waals surface area (Å²) in [5, 5.41) is 5.59. The molecule has 0 heterocycles. The van der Waals surface area contributed by atoms with Gasteiger partial charge in [0.2, 0.25) is 11.8 Å². The zero-order chi connectivity index (χ0) is 17.5. The van der Waals surface area contributed by atoms with Crippen LogP contribution >= 0.6 is 11.8 Å². The molecule has 0 aliphatic rings. The van der Waals surface area contributed by atoms with E-state index in [-0.39, 0.29) is 11.8 Å². The molecule has 0 saturated carbocycles. The highest BCUT2D eigenvalue weighted by Crippen LogP contribution is 2.13. The summed E-state index contributed by atoms with van der Waals surface area (Å²) in [6.45, 7) is 9.87. The molecule has 1 aromatic carbocycles. The minimum absolute atomic E-state index is 0.117. The average molecular weight is 337 g/mol. The van der Waals surface area contributed by atoms with Gasteiger partial charge in [-0.2, -0.15) is 11.8 Å². The maximum absolute atomic E-state index is 11.9. The van der Waals surface area contributed by atoms with E-state index in [1.807, 2.05) is 20.8 Å². The lowest BCUT2D eigenvalue weighted by atomic mass is 9.95. The van der Waals surface area contributed by atoms with Gasteiger partial charge in [-0.15, -0.1) is 0 Å². The second-order valence-corrected chi connectivity index (χ2v) is 7.88. The van der Waals surface area contributed by atoms with E-state index in [9.17, 15) is 9.59 Å². The molecule has 4 nitrogen and oxygen atoms in total. The van der Waals surface area contributed by atoms with Crippen LogP contribution in [-0.4, -0.2) is 30.2 Å². The van der Waals surface area contributed by atoms with E-state index in [4.69, 9.17) is 0 Å². The van der Waals surface area contributed by atoms with Crippen LogP contribution in [0.3, 0.4) is 0 Å². The molecule has 1 rings (SSSR count). The predicted octanol–water partition coefficient (Wildman–Crippen LogP) is 2.90. The molecule has 0 bridgehead atoms. The summed E-state index contributed by atoms with van der Waals surface area (Å²) in [4.78, 5) is 23.8. The molecular formula is C18H28N2O2S. The lowest BCUT2D eigenvalue weighted by Crippen LogP contribution is -2.48. The molecule has 0 aliphatic heterocycles. The Morgan fingerprint density at radius 2 is 1.78 bits per heavy atom. The normalized spacial score (nSPS) is 12.6. The van der Waals surface area contributed by atoms with Crippen molar-refractivity contribution in [2.24, 2.45) is 5.41 Å². The lowest BCUT2D eigenvalue weighted by molar-refractivity contribution is -0.133. The lowest BCUT2D eigenvalue weighted by Gasteiger charge is -2.21. The first-order valence-corrected chi connectivity index (χ1v) is 9.07. The zero-order valence-corrected chi connectivity index (χ0v) is 15.5. The van der Waals surface area contributed by atoms with Crippen LogP contribution in [0, 0.1) is 12.3 Å². The molecule has 2 N–H and O–H groups in total. The number of aryl methyl sites for hydroxylation is 1. The number of rotatable bonds is 7. The van der Waals surface area contributed by atoms with Crippen LogP contribution in [0.4, 0.5) is 0 Å². The van der Waals surface area contributed by atoms with Crippen molar-refractivity contribution in [1.82, 2.24) is 10.6 Å². The highest BCUT2D eigenvalue weighted by molar-refractivity contribution is 7.98. The van der Waals surface area contributed by atoms with Crippen LogP contribution in [0.25, 0.3) is 0 Å². The molecular weight excluding hydrogens is 308 g/mol. The van der Waals surface area contributed by atoms with Gasteiger partial charge in [0.1, 0.15) is 6.04 Å². The van der Waals surface area contributed by atoms with Gasteiger partial charge in [0.25, 0.3) is 0 Å². The van der Waals surface area contributed by atoms with Crippen LogP contribution in [-0.2, 0) is 15.3 Å². The Balaban J connectivity index is 2.20. The second kappa shape index (κ2) is 8.96. The van der Waals surface area contributed by atoms with Gasteiger partial charge in [0.05, 0.1) is 0 Å². The topological polar surface area (TPSA) is 58.2 Å². The van der Waals surface area contributed by atoms with Gasteiger partial charge in [-0.25, -0.2) is 0 Å². The summed E-state index contributed by atoms with van der Waals surface area (Å²) < 4.78 is 0. The van der Waals surface area contributed by atoms with E-state index in [1.165, 1.54) is 11.1 Å². The first-order valence-electron chi connectivity index (χ1n) is 7.92. The molecule has 1 atom stereocenters. The number of amides is 2. The van der Waals surface area contributed by atoms with Gasteiger partial charge < -0.3 is 10.6 Å². The van der Waals surface area contributed by atoms with E-state index in [0.29, 0.717) is 6.54 Å². The van der Waals surface area contributed by atoms with Gasteiger partial charge in [-0.05, 0) is 19.4 Å². The Morgan fingerprint density at radius 1 is 1.17 bits per heavy atom. The number of hydrogen-bond donors (Lipinski definition) is 2. The molecule has 0 aliphatic carbocycles. The van der Waals surface area contributed by atoms with Crippen molar-refractivity contribution >= 4 is 23.6 Å². The number of nitrogens with one attached hydrogen (secondary N) is 2. The van der Waals surface area contributed by atoms with Crippen molar-refractivity contribution in [3.63, 3.8) is 0 Å². The van der Waals surface area contributed by atoms with Crippen LogP contribution in [0.15, 0.2) is 24.3 Å². The van der Waals surface area contributed by atoms with Crippen LogP contribution < -0.4 is 10.6 Å². The third kappa shape index (κ3) is 7.55. The Morgan fingerprint density at radius 3 is 2.35 bits per heavy atom. The van der Waals surface area contributed by atoms with Crippen molar-refractivity contribution in [3.8, 4) is 0 Å². The third-order valence-corrected chi connectivity index (χ3v) is 4.39. The van der Waals surface area contributed by atoms with Crippen LogP contribution in [0.5, 0.6) is 0 Å². The van der Waals surface area contributed by atoms with E-state index in [2.05, 4.69) is 41.8 Å². The quantitative estimate of drug-likeness (QED) is 0.753. The van der Waals surface area contributed by atoms with Crippen LogP contribution in [0.2, 0.25) is 0 Å². The standard InChI is InChI=1S/C18H28N2O2S/c1-13-6-8-15(9-7-13)12-23-11-10-19-16(21)14(2)20-17(22)18(3,4)5/h6-9,14H,10-12H2,1-5H3,(H,19,21)(H,20,22). The van der Waals surface area contributed by atoms with Gasteiger partial charge in [-0.3, -0.25) is 9.59 Å². The third-order valence-electron chi connectivity index (χ3n) is 3.36. The molecule has 1 aromatic rings. The Kier molecular flexibility index (Phi) is 7.62. The Labute approximate surface area is 143 Å². The monoisotopic (exact) mass is 336 g/mol. The zero-order valence-electron chi connectivity index (χ0n) is 14.7. The Hall–Kier alpha value is -1.49. The number of thioether (sulfide) groups is 1. The van der Waals surface area contributed by atoms with Gasteiger partial charge in [-0.1, -0.05) is 50.6 Å². The summed E-state index contributed by atoms with van der Waals surface area (Å²) in [7, 11) is 0. The van der Waals surface area contributed by atoms with E-state index < -0.39 is 11.5 Å². The summed E-state index contributed by atoms with van der Waals surface area (Å²) in [6.07, 6.45) is 0. The molecule has 0 fully saturated rings. The van der Waals surface area contributed by atoms with Crippen molar-refractivity contribution in [3.05, 3.63) is 35.4 Å². The van der Waals surface area contributed by atoms with Crippen molar-refractivity contribution in [2.75, 3.05) is 12.3 Å². The number of carbonyl (C=O) groups is 2. The average Bonchev–Trinajstić information content (AvgIpc) is 2.47. The molecule has 5 heteroatoms. The first kappa shape index (κ1) is 19.6. The van der Waals surface area contributed by atoms with Crippen LogP contribution in [0.1, 0.15) is 38.8 Å². The highest BCUT2D eigenvalue weighted by Gasteiger charge is 2.24. The second-order valence-electron chi connectivity index (χ2n) is 6.77. The maximum atomic E-state index is 11.9. The summed E-state index contributed by atoms with van der Waals surface area (Å²) in [5.41, 5.74) is 2.06. The molecule has 0 spiro atoms. The van der Waals surface area contributed by atoms with Gasteiger partial charge >= 0.3 is 0 Å². The fourth-order valence-electron chi connectivity index (χ4n) is 1.75. The van der Waals surface area contributed by atoms with E-state index >= 15 is 0 Å². The largest absolute Gasteiger partial charge is 0.353 e. The van der Waals surface area contributed by atoms with E-state index in [0.717, 1.165) is 11.5 Å². The van der Waals surface area contributed by atoms with Crippen molar-refractivity contribution in [1.29, 1.82) is 0 Å². The highest BCUT2D eigenvalue weighted by atomic mass is 32.2. The number of carbonyl (C=O) groups excluding carboxylic acids is 2. The first-order chi connectivity index (χ1) is 10.7. The fraction of sp³-hybridized carbons (Fsp3) is 0.556. The minimum Gasteiger partial charge on any atom is -0.353 e. The maximum Gasteiger partial charge on any atom is 0.242 e. The molecule has 0 aromatic heterocycles. The Bertz CT molecular complexity index is 521. The predicted molar refractivity (Wildman–Crippen MR) is 97.4 cm³/mol. The molecule has 0 radical (unpaired) electrons. The molecule has 128 valence electrons. The van der Waals surface area contributed by atoms with E-state index in [1.54, 1.807) is 18.7 Å². The van der Waals surface area contributed by atoms with Gasteiger partial charge in [0, 0.05) is 23.5 Å². The molecule has 0 saturated heterocycles. The molecule has 1 unspecified atom stereocenters. The molecule has 23 heavy (non-hydrogen) atoms. The van der Waals surface area contributed by atoms with Crippen molar-refractivity contribution < 1.29 is 9.59 Å². The smallest absolute Gasteiger partial charge is 0.242 e. The summed E-state index contributed by atoms with van der Waals surface area (Å²) in [5.74, 6) is 1.53. The SMILES string of the molecule is Cc1ccc(CSCCNC(=O)C(C)NC(=O)C(C)(C)C)cc1. The molecule has 2 amide bonds. The van der Waals surface area contributed by atoms with Gasteiger partial charge in [0.15, 0.2) is 0 Å². The summed E-state index contributed by atoms with van der Waals surface area (Å²) >= 11 is 1.78. The minimum atomic E-state index is -0.510. The number of hydrogen-bond acceptors (Lipinski definition) is 3. The fourth-order valence-corrected chi connectivity index (χ4v) is 2.57.